The van der Waals surface area contributed by atoms with Gasteiger partial charge >= 0.3 is 0 Å². The minimum Gasteiger partial charge on any atom is -0.486 e. The van der Waals surface area contributed by atoms with E-state index >= 15 is 0 Å². The standard InChI is InChI=1S/C27H24Br2ClN3O2/c1-4-17(3)26-32-24-9-8-20(28)13-21(24)27(34)33(26)31-14-19-11-22(29)25(23(30)12-19)35-15-18-7-5-6-16(2)10-18/h5-14,17H,4,15H2,1-3H3/t17-/m1/s1. The summed E-state index contributed by atoms with van der Waals surface area (Å²) in [7, 11) is 0. The van der Waals surface area contributed by atoms with Gasteiger partial charge in [-0.05, 0) is 70.7 Å². The van der Waals surface area contributed by atoms with Gasteiger partial charge in [0.25, 0.3) is 5.56 Å². The number of halogens is 3. The zero-order chi connectivity index (χ0) is 25.1. The second-order valence-corrected chi connectivity index (χ2v) is 10.6. The van der Waals surface area contributed by atoms with Crippen molar-refractivity contribution in [1.29, 1.82) is 0 Å². The number of aryl methyl sites for hydroxylation is 1. The first kappa shape index (κ1) is 25.6. The van der Waals surface area contributed by atoms with E-state index in [-0.39, 0.29) is 11.5 Å². The van der Waals surface area contributed by atoms with Crippen molar-refractivity contribution in [1.82, 2.24) is 9.66 Å². The molecule has 0 saturated carbocycles. The van der Waals surface area contributed by atoms with Crippen molar-refractivity contribution in [2.24, 2.45) is 5.10 Å². The number of benzene rings is 3. The number of hydrogen-bond donors (Lipinski definition) is 0. The Morgan fingerprint density at radius 3 is 2.69 bits per heavy atom. The van der Waals surface area contributed by atoms with Crippen molar-refractivity contribution >= 4 is 60.6 Å². The molecule has 0 aliphatic rings. The molecule has 0 aliphatic carbocycles. The minimum absolute atomic E-state index is 0.0561. The summed E-state index contributed by atoms with van der Waals surface area (Å²) in [5, 5.41) is 5.47. The number of ether oxygens (including phenoxy) is 1. The maximum Gasteiger partial charge on any atom is 0.282 e. The molecule has 0 radical (unpaired) electrons. The summed E-state index contributed by atoms with van der Waals surface area (Å²) < 4.78 is 8.87. The van der Waals surface area contributed by atoms with Crippen LogP contribution in [-0.4, -0.2) is 15.9 Å². The summed E-state index contributed by atoms with van der Waals surface area (Å²) in [4.78, 5) is 18.0. The van der Waals surface area contributed by atoms with Gasteiger partial charge in [-0.25, -0.2) is 4.98 Å². The first-order valence-corrected chi connectivity index (χ1v) is 13.2. The smallest absolute Gasteiger partial charge is 0.282 e. The van der Waals surface area contributed by atoms with Crippen molar-refractivity contribution < 1.29 is 4.74 Å². The zero-order valence-corrected chi connectivity index (χ0v) is 23.5. The van der Waals surface area contributed by atoms with Crippen molar-refractivity contribution in [2.45, 2.75) is 39.7 Å². The van der Waals surface area contributed by atoms with E-state index in [1.807, 2.05) is 50.2 Å². The molecule has 0 fully saturated rings. The van der Waals surface area contributed by atoms with Gasteiger partial charge in [0.15, 0.2) is 5.75 Å². The fourth-order valence-electron chi connectivity index (χ4n) is 3.65. The van der Waals surface area contributed by atoms with Gasteiger partial charge in [-0.2, -0.15) is 9.78 Å². The largest absolute Gasteiger partial charge is 0.486 e. The summed E-state index contributed by atoms with van der Waals surface area (Å²) in [5.74, 6) is 1.23. The quantitative estimate of drug-likeness (QED) is 0.199. The highest BCUT2D eigenvalue weighted by atomic mass is 79.9. The van der Waals surface area contributed by atoms with Crippen LogP contribution in [-0.2, 0) is 6.61 Å². The van der Waals surface area contributed by atoms with Crippen molar-refractivity contribution in [3.8, 4) is 5.75 Å². The van der Waals surface area contributed by atoms with Crippen molar-refractivity contribution in [3.63, 3.8) is 0 Å². The fraction of sp³-hybridized carbons (Fsp3) is 0.222. The van der Waals surface area contributed by atoms with Crippen molar-refractivity contribution in [3.05, 3.63) is 101 Å². The SMILES string of the molecule is CC[C@@H](C)c1nc2ccc(Br)cc2c(=O)n1N=Cc1cc(Cl)c(OCc2cccc(C)c2)c(Br)c1. The summed E-state index contributed by atoms with van der Waals surface area (Å²) in [6, 6.07) is 17.2. The monoisotopic (exact) mass is 615 g/mol. The summed E-state index contributed by atoms with van der Waals surface area (Å²) in [6.45, 7) is 6.54. The molecule has 5 nitrogen and oxygen atoms in total. The predicted octanol–water partition coefficient (Wildman–Crippen LogP) is 7.86. The molecule has 180 valence electrons. The molecule has 0 amide bonds. The summed E-state index contributed by atoms with van der Waals surface area (Å²) in [5.41, 5.74) is 3.39. The second kappa shape index (κ2) is 11.1. The molecule has 3 aromatic carbocycles. The lowest BCUT2D eigenvalue weighted by atomic mass is 10.1. The Bertz CT molecular complexity index is 1460. The van der Waals surface area contributed by atoms with Crippen molar-refractivity contribution in [2.75, 3.05) is 0 Å². The highest BCUT2D eigenvalue weighted by molar-refractivity contribution is 9.10. The molecule has 8 heteroatoms. The van der Waals surface area contributed by atoms with Gasteiger partial charge in [-0.3, -0.25) is 4.79 Å². The van der Waals surface area contributed by atoms with Crippen LogP contribution < -0.4 is 10.3 Å². The second-order valence-electron chi connectivity index (χ2n) is 8.39. The fourth-order valence-corrected chi connectivity index (χ4v) is 5.00. The lowest BCUT2D eigenvalue weighted by molar-refractivity contribution is 0.304. The lowest BCUT2D eigenvalue weighted by Crippen LogP contribution is -2.23. The average Bonchev–Trinajstić information content (AvgIpc) is 2.82. The Labute approximate surface area is 226 Å². The Balaban J connectivity index is 1.67. The molecule has 4 aromatic rings. The van der Waals surface area contributed by atoms with E-state index in [4.69, 9.17) is 21.3 Å². The van der Waals surface area contributed by atoms with Crippen LogP contribution in [0, 0.1) is 6.92 Å². The molecule has 0 unspecified atom stereocenters. The van der Waals surface area contributed by atoms with Crippen LogP contribution >= 0.6 is 43.5 Å². The Morgan fingerprint density at radius 2 is 1.97 bits per heavy atom. The Kier molecular flexibility index (Phi) is 8.09. The zero-order valence-electron chi connectivity index (χ0n) is 19.6. The molecule has 0 saturated heterocycles. The van der Waals surface area contributed by atoms with Gasteiger partial charge in [0.2, 0.25) is 0 Å². The Hall–Kier alpha value is -2.48. The predicted molar refractivity (Wildman–Crippen MR) is 150 cm³/mol. The van der Waals surface area contributed by atoms with Crippen LogP contribution in [0.2, 0.25) is 5.02 Å². The highest BCUT2D eigenvalue weighted by Gasteiger charge is 2.16. The van der Waals surface area contributed by atoms with Gasteiger partial charge in [-0.15, -0.1) is 0 Å². The van der Waals surface area contributed by atoms with Crippen LogP contribution in [0.5, 0.6) is 5.75 Å². The van der Waals surface area contributed by atoms with E-state index in [2.05, 4.69) is 50.0 Å². The number of nitrogens with zero attached hydrogens (tertiary/aromatic N) is 3. The van der Waals surface area contributed by atoms with E-state index in [0.29, 0.717) is 38.6 Å². The maximum atomic E-state index is 13.3. The molecule has 0 bridgehead atoms. The number of fused-ring (bicyclic) bond motifs is 1. The Morgan fingerprint density at radius 1 is 1.17 bits per heavy atom. The van der Waals surface area contributed by atoms with E-state index in [1.165, 1.54) is 10.2 Å². The number of hydrogen-bond acceptors (Lipinski definition) is 4. The molecule has 35 heavy (non-hydrogen) atoms. The number of aromatic nitrogens is 2. The first-order chi connectivity index (χ1) is 16.8. The maximum absolute atomic E-state index is 13.3. The topological polar surface area (TPSA) is 56.5 Å². The van der Waals surface area contributed by atoms with Gasteiger partial charge in [0, 0.05) is 10.4 Å². The summed E-state index contributed by atoms with van der Waals surface area (Å²) in [6.07, 6.45) is 2.44. The van der Waals surface area contributed by atoms with Crippen LogP contribution in [0.4, 0.5) is 0 Å². The van der Waals surface area contributed by atoms with Crippen LogP contribution in [0.25, 0.3) is 10.9 Å². The molecule has 1 heterocycles. The van der Waals surface area contributed by atoms with Crippen LogP contribution in [0.1, 0.15) is 48.7 Å². The minimum atomic E-state index is -0.217. The molecular formula is C27H24Br2ClN3O2. The normalized spacial score (nSPS) is 12.4. The van der Waals surface area contributed by atoms with Gasteiger partial charge in [0.05, 0.1) is 26.6 Å². The molecule has 1 atom stereocenters. The van der Waals surface area contributed by atoms with Crippen LogP contribution in [0.3, 0.4) is 0 Å². The van der Waals surface area contributed by atoms with E-state index in [0.717, 1.165) is 22.0 Å². The molecule has 0 aliphatic heterocycles. The van der Waals surface area contributed by atoms with E-state index < -0.39 is 0 Å². The molecular weight excluding hydrogens is 594 g/mol. The molecule has 0 spiro atoms. The third kappa shape index (κ3) is 5.85. The third-order valence-corrected chi connectivity index (χ3v) is 7.06. The lowest BCUT2D eigenvalue weighted by Gasteiger charge is -2.14. The van der Waals surface area contributed by atoms with Crippen LogP contribution in [0.15, 0.2) is 73.4 Å². The molecule has 1 aromatic heterocycles. The summed E-state index contributed by atoms with van der Waals surface area (Å²) >= 11 is 13.5. The highest BCUT2D eigenvalue weighted by Crippen LogP contribution is 2.35. The van der Waals surface area contributed by atoms with E-state index in [9.17, 15) is 4.79 Å². The van der Waals surface area contributed by atoms with Gasteiger partial charge in [0.1, 0.15) is 12.4 Å². The number of rotatable bonds is 7. The van der Waals surface area contributed by atoms with E-state index in [1.54, 1.807) is 18.3 Å². The molecule has 0 N–H and O–H groups in total. The molecule has 4 rings (SSSR count). The average molecular weight is 618 g/mol. The van der Waals surface area contributed by atoms with Gasteiger partial charge < -0.3 is 4.74 Å². The third-order valence-electron chi connectivity index (χ3n) is 5.70. The van der Waals surface area contributed by atoms with Gasteiger partial charge in [-0.1, -0.05) is 71.2 Å². The first-order valence-electron chi connectivity index (χ1n) is 11.2.